The van der Waals surface area contributed by atoms with Gasteiger partial charge >= 0.3 is 0 Å². The minimum atomic E-state index is -0.508. The summed E-state index contributed by atoms with van der Waals surface area (Å²) in [4.78, 5) is 24.3. The SMILES string of the molecule is CC1(C)CC(=O)N(CCCN)C1=O. The number of carbonyl (C=O) groups excluding carboxylic acids is 2. The van der Waals surface area contributed by atoms with E-state index in [1.54, 1.807) is 13.8 Å². The van der Waals surface area contributed by atoms with Crippen molar-refractivity contribution >= 4 is 11.8 Å². The third kappa shape index (κ3) is 1.88. The summed E-state index contributed by atoms with van der Waals surface area (Å²) in [6.07, 6.45) is 1.02. The molecule has 1 fully saturated rings. The van der Waals surface area contributed by atoms with Gasteiger partial charge in [-0.25, -0.2) is 0 Å². The van der Waals surface area contributed by atoms with Gasteiger partial charge in [0.2, 0.25) is 11.8 Å². The lowest BCUT2D eigenvalue weighted by molar-refractivity contribution is -0.140. The third-order valence-electron chi connectivity index (χ3n) is 2.30. The quantitative estimate of drug-likeness (QED) is 0.634. The number of nitrogens with two attached hydrogens (primary N) is 1. The molecule has 0 unspecified atom stereocenters. The van der Waals surface area contributed by atoms with Crippen molar-refractivity contribution in [3.8, 4) is 0 Å². The van der Waals surface area contributed by atoms with Crippen molar-refractivity contribution in [3.63, 3.8) is 0 Å². The van der Waals surface area contributed by atoms with E-state index in [2.05, 4.69) is 0 Å². The van der Waals surface area contributed by atoms with Gasteiger partial charge in [-0.3, -0.25) is 14.5 Å². The van der Waals surface area contributed by atoms with Crippen LogP contribution in [0.4, 0.5) is 0 Å². The Morgan fingerprint density at radius 3 is 2.46 bits per heavy atom. The molecular formula is C9H16N2O2. The van der Waals surface area contributed by atoms with E-state index in [9.17, 15) is 9.59 Å². The predicted molar refractivity (Wildman–Crippen MR) is 48.8 cm³/mol. The third-order valence-corrected chi connectivity index (χ3v) is 2.30. The summed E-state index contributed by atoms with van der Waals surface area (Å²) in [5.41, 5.74) is 4.81. The number of carbonyl (C=O) groups is 2. The number of rotatable bonds is 3. The van der Waals surface area contributed by atoms with Crippen molar-refractivity contribution in [2.45, 2.75) is 26.7 Å². The van der Waals surface area contributed by atoms with E-state index in [-0.39, 0.29) is 11.8 Å². The number of hydrogen-bond acceptors (Lipinski definition) is 3. The lowest BCUT2D eigenvalue weighted by atomic mass is 9.92. The van der Waals surface area contributed by atoms with Gasteiger partial charge in [-0.05, 0) is 13.0 Å². The molecule has 1 rings (SSSR count). The minimum Gasteiger partial charge on any atom is -0.330 e. The molecule has 1 saturated heterocycles. The van der Waals surface area contributed by atoms with E-state index in [1.165, 1.54) is 4.90 Å². The fourth-order valence-corrected chi connectivity index (χ4v) is 1.50. The topological polar surface area (TPSA) is 63.4 Å². The first kappa shape index (κ1) is 10.2. The van der Waals surface area contributed by atoms with Crippen LogP contribution < -0.4 is 5.73 Å². The van der Waals surface area contributed by atoms with Crippen molar-refractivity contribution < 1.29 is 9.59 Å². The van der Waals surface area contributed by atoms with Crippen LogP contribution in [0.2, 0.25) is 0 Å². The van der Waals surface area contributed by atoms with E-state index in [0.717, 1.165) is 0 Å². The maximum absolute atomic E-state index is 11.6. The van der Waals surface area contributed by atoms with Crippen LogP contribution in [-0.2, 0) is 9.59 Å². The van der Waals surface area contributed by atoms with Gasteiger partial charge in [-0.1, -0.05) is 13.8 Å². The first-order valence-electron chi connectivity index (χ1n) is 4.54. The number of imide groups is 1. The van der Waals surface area contributed by atoms with Gasteiger partial charge < -0.3 is 5.73 Å². The summed E-state index contributed by atoms with van der Waals surface area (Å²) in [6.45, 7) is 4.58. The van der Waals surface area contributed by atoms with Gasteiger partial charge in [-0.2, -0.15) is 0 Å². The molecule has 74 valence electrons. The van der Waals surface area contributed by atoms with Crippen LogP contribution in [0.15, 0.2) is 0 Å². The molecule has 2 N–H and O–H groups in total. The zero-order chi connectivity index (χ0) is 10.1. The summed E-state index contributed by atoms with van der Waals surface area (Å²) in [5.74, 6) is -0.130. The van der Waals surface area contributed by atoms with Crippen molar-refractivity contribution in [3.05, 3.63) is 0 Å². The molecule has 0 aromatic heterocycles. The lowest BCUT2D eigenvalue weighted by Crippen LogP contribution is -2.34. The van der Waals surface area contributed by atoms with Crippen LogP contribution in [0.5, 0.6) is 0 Å². The Morgan fingerprint density at radius 1 is 1.46 bits per heavy atom. The highest BCUT2D eigenvalue weighted by Gasteiger charge is 2.44. The molecule has 13 heavy (non-hydrogen) atoms. The molecule has 0 spiro atoms. The summed E-state index contributed by atoms with van der Waals surface area (Å²) in [6, 6.07) is 0. The van der Waals surface area contributed by atoms with E-state index >= 15 is 0 Å². The highest BCUT2D eigenvalue weighted by Crippen LogP contribution is 2.31. The van der Waals surface area contributed by atoms with Crippen LogP contribution >= 0.6 is 0 Å². The van der Waals surface area contributed by atoms with Crippen LogP contribution in [0.25, 0.3) is 0 Å². The normalized spacial score (nSPS) is 21.3. The molecule has 4 nitrogen and oxygen atoms in total. The summed E-state index contributed by atoms with van der Waals surface area (Å²) in [7, 11) is 0. The molecular weight excluding hydrogens is 168 g/mol. The zero-order valence-electron chi connectivity index (χ0n) is 8.17. The second-order valence-corrected chi connectivity index (χ2v) is 4.05. The second kappa shape index (κ2) is 3.46. The van der Waals surface area contributed by atoms with E-state index in [0.29, 0.717) is 25.9 Å². The molecule has 0 aromatic rings. The Bertz CT molecular complexity index is 236. The van der Waals surface area contributed by atoms with Crippen molar-refractivity contribution in [1.82, 2.24) is 4.90 Å². The summed E-state index contributed by atoms with van der Waals surface area (Å²) < 4.78 is 0. The Labute approximate surface area is 78.1 Å². The lowest BCUT2D eigenvalue weighted by Gasteiger charge is -2.16. The van der Waals surface area contributed by atoms with Crippen LogP contribution in [-0.4, -0.2) is 29.8 Å². The van der Waals surface area contributed by atoms with E-state index in [4.69, 9.17) is 5.73 Å². The number of amides is 2. The standard InChI is InChI=1S/C9H16N2O2/c1-9(2)6-7(12)11(8(9)13)5-3-4-10/h3-6,10H2,1-2H3. The minimum absolute atomic E-state index is 0.0639. The van der Waals surface area contributed by atoms with Gasteiger partial charge in [-0.15, -0.1) is 0 Å². The fourth-order valence-electron chi connectivity index (χ4n) is 1.50. The van der Waals surface area contributed by atoms with Gasteiger partial charge in [0.15, 0.2) is 0 Å². The molecule has 0 aromatic carbocycles. The smallest absolute Gasteiger partial charge is 0.235 e. The van der Waals surface area contributed by atoms with Crippen molar-refractivity contribution in [2.75, 3.05) is 13.1 Å². The second-order valence-electron chi connectivity index (χ2n) is 4.05. The maximum atomic E-state index is 11.6. The molecule has 1 aliphatic rings. The monoisotopic (exact) mass is 184 g/mol. The predicted octanol–water partition coefficient (Wildman–Crippen LogP) is 0.120. The van der Waals surface area contributed by atoms with Crippen molar-refractivity contribution in [2.24, 2.45) is 11.1 Å². The van der Waals surface area contributed by atoms with E-state index < -0.39 is 5.41 Å². The summed E-state index contributed by atoms with van der Waals surface area (Å²) >= 11 is 0. The highest BCUT2D eigenvalue weighted by atomic mass is 16.2. The average molecular weight is 184 g/mol. The molecule has 0 atom stereocenters. The molecule has 1 heterocycles. The van der Waals surface area contributed by atoms with Crippen molar-refractivity contribution in [1.29, 1.82) is 0 Å². The maximum Gasteiger partial charge on any atom is 0.235 e. The first-order valence-corrected chi connectivity index (χ1v) is 4.54. The van der Waals surface area contributed by atoms with Crippen LogP contribution in [0.3, 0.4) is 0 Å². The van der Waals surface area contributed by atoms with Gasteiger partial charge in [0.1, 0.15) is 0 Å². The molecule has 0 saturated carbocycles. The van der Waals surface area contributed by atoms with Gasteiger partial charge in [0.25, 0.3) is 0 Å². The Morgan fingerprint density at radius 2 is 2.08 bits per heavy atom. The zero-order valence-corrected chi connectivity index (χ0v) is 8.17. The fraction of sp³-hybridized carbons (Fsp3) is 0.778. The number of nitrogens with zero attached hydrogens (tertiary/aromatic N) is 1. The van der Waals surface area contributed by atoms with Crippen LogP contribution in [0, 0.1) is 5.41 Å². The van der Waals surface area contributed by atoms with Crippen LogP contribution in [0.1, 0.15) is 26.7 Å². The molecule has 4 heteroatoms. The largest absolute Gasteiger partial charge is 0.330 e. The summed E-state index contributed by atoms with van der Waals surface area (Å²) in [5, 5.41) is 0. The molecule has 2 amide bonds. The van der Waals surface area contributed by atoms with Gasteiger partial charge in [0, 0.05) is 13.0 Å². The van der Waals surface area contributed by atoms with Gasteiger partial charge in [0.05, 0.1) is 5.41 Å². The molecule has 0 aliphatic carbocycles. The Hall–Kier alpha value is -0.900. The Kier molecular flexibility index (Phi) is 2.71. The Balaban J connectivity index is 2.66. The molecule has 0 bridgehead atoms. The molecule has 0 radical (unpaired) electrons. The molecule has 1 aliphatic heterocycles. The first-order chi connectivity index (χ1) is 5.99. The number of likely N-dealkylation sites (tertiary alicyclic amines) is 1. The van der Waals surface area contributed by atoms with E-state index in [1.807, 2.05) is 0 Å². The highest BCUT2D eigenvalue weighted by molar-refractivity contribution is 6.05. The number of hydrogen-bond donors (Lipinski definition) is 1. The average Bonchev–Trinajstić information content (AvgIpc) is 2.21.